The molecule has 1 aromatic heterocycles. The van der Waals surface area contributed by atoms with E-state index < -0.39 is 5.97 Å². The summed E-state index contributed by atoms with van der Waals surface area (Å²) in [6, 6.07) is 5.53. The van der Waals surface area contributed by atoms with Crippen LogP contribution in [0, 0.1) is 12.8 Å². The number of carbonyl (C=O) groups is 2. The van der Waals surface area contributed by atoms with E-state index in [4.69, 9.17) is 14.6 Å². The Kier molecular flexibility index (Phi) is 5.65. The molecule has 1 N–H and O–H groups in total. The van der Waals surface area contributed by atoms with Crippen LogP contribution < -0.4 is 9.47 Å². The van der Waals surface area contributed by atoms with Gasteiger partial charge in [-0.2, -0.15) is 0 Å². The summed E-state index contributed by atoms with van der Waals surface area (Å²) in [5.41, 5.74) is 1.53. The summed E-state index contributed by atoms with van der Waals surface area (Å²) in [4.78, 5) is 30.8. The SMILES string of the molecule is COc1ccc(-c2nc(C)c(C(=O)N3CCC(C(=O)O)CC3)s2)cc1OC. The van der Waals surface area contributed by atoms with Crippen LogP contribution >= 0.6 is 11.3 Å². The fourth-order valence-electron chi connectivity index (χ4n) is 3.16. The average molecular weight is 390 g/mol. The molecule has 2 aromatic rings. The number of piperidine rings is 1. The van der Waals surface area contributed by atoms with Gasteiger partial charge in [-0.1, -0.05) is 0 Å². The van der Waals surface area contributed by atoms with Crippen molar-refractivity contribution in [2.24, 2.45) is 5.92 Å². The highest BCUT2D eigenvalue weighted by molar-refractivity contribution is 7.17. The molecular weight excluding hydrogens is 368 g/mol. The zero-order chi connectivity index (χ0) is 19.6. The van der Waals surface area contributed by atoms with Crippen LogP contribution in [0.3, 0.4) is 0 Å². The second-order valence-electron chi connectivity index (χ2n) is 6.41. The molecule has 1 amide bonds. The molecule has 144 valence electrons. The summed E-state index contributed by atoms with van der Waals surface area (Å²) in [5.74, 6) is 0.00455. The quantitative estimate of drug-likeness (QED) is 0.844. The molecule has 0 atom stereocenters. The molecular formula is C19H22N2O5S. The first kappa shape index (κ1) is 19.2. The molecule has 1 aliphatic rings. The number of hydrogen-bond donors (Lipinski definition) is 1. The van der Waals surface area contributed by atoms with Crippen LogP contribution in [0.2, 0.25) is 0 Å². The van der Waals surface area contributed by atoms with Gasteiger partial charge in [0, 0.05) is 18.7 Å². The van der Waals surface area contributed by atoms with Crippen molar-refractivity contribution in [3.63, 3.8) is 0 Å². The molecule has 0 unspecified atom stereocenters. The van der Waals surface area contributed by atoms with Gasteiger partial charge >= 0.3 is 5.97 Å². The van der Waals surface area contributed by atoms with Gasteiger partial charge in [-0.05, 0) is 38.0 Å². The Morgan fingerprint density at radius 1 is 1.19 bits per heavy atom. The molecule has 8 heteroatoms. The number of benzene rings is 1. The van der Waals surface area contributed by atoms with E-state index in [1.165, 1.54) is 11.3 Å². The number of ether oxygens (including phenoxy) is 2. The van der Waals surface area contributed by atoms with Crippen LogP contribution in [0.25, 0.3) is 10.6 Å². The molecule has 2 heterocycles. The molecule has 1 aromatic carbocycles. The number of carbonyl (C=O) groups excluding carboxylic acids is 1. The predicted octanol–water partition coefficient (Wildman–Crippen LogP) is 3.07. The molecule has 1 saturated heterocycles. The fourth-order valence-corrected chi connectivity index (χ4v) is 4.19. The Morgan fingerprint density at radius 2 is 1.85 bits per heavy atom. The van der Waals surface area contributed by atoms with E-state index in [0.717, 1.165) is 10.6 Å². The lowest BCUT2D eigenvalue weighted by Crippen LogP contribution is -2.40. The van der Waals surface area contributed by atoms with Gasteiger partial charge < -0.3 is 19.5 Å². The van der Waals surface area contributed by atoms with E-state index in [9.17, 15) is 9.59 Å². The number of aryl methyl sites for hydroxylation is 1. The molecule has 0 saturated carbocycles. The maximum atomic E-state index is 12.9. The molecule has 0 spiro atoms. The van der Waals surface area contributed by atoms with Crippen molar-refractivity contribution in [2.45, 2.75) is 19.8 Å². The van der Waals surface area contributed by atoms with Gasteiger partial charge in [-0.25, -0.2) is 4.98 Å². The minimum atomic E-state index is -0.785. The van der Waals surface area contributed by atoms with Crippen molar-refractivity contribution in [1.82, 2.24) is 9.88 Å². The maximum absolute atomic E-state index is 12.9. The van der Waals surface area contributed by atoms with E-state index in [0.29, 0.717) is 48.0 Å². The minimum absolute atomic E-state index is 0.0828. The highest BCUT2D eigenvalue weighted by Gasteiger charge is 2.29. The molecule has 3 rings (SSSR count). The standard InChI is InChI=1S/C19H22N2O5S/c1-11-16(18(22)21-8-6-12(7-9-21)19(23)24)27-17(20-11)13-4-5-14(25-2)15(10-13)26-3/h4-5,10,12H,6-9H2,1-3H3,(H,23,24). The zero-order valence-corrected chi connectivity index (χ0v) is 16.3. The first-order valence-corrected chi connectivity index (χ1v) is 9.48. The fraction of sp³-hybridized carbons (Fsp3) is 0.421. The smallest absolute Gasteiger partial charge is 0.306 e. The summed E-state index contributed by atoms with van der Waals surface area (Å²) in [6.07, 6.45) is 0.975. The second kappa shape index (κ2) is 7.96. The van der Waals surface area contributed by atoms with Crippen molar-refractivity contribution < 1.29 is 24.2 Å². The summed E-state index contributed by atoms with van der Waals surface area (Å²) in [5, 5.41) is 9.84. The molecule has 0 bridgehead atoms. The average Bonchev–Trinajstić information content (AvgIpc) is 3.08. The summed E-state index contributed by atoms with van der Waals surface area (Å²) in [6.45, 7) is 2.73. The topological polar surface area (TPSA) is 89.0 Å². The Morgan fingerprint density at radius 3 is 2.44 bits per heavy atom. The van der Waals surface area contributed by atoms with Crippen molar-refractivity contribution >= 4 is 23.2 Å². The number of carboxylic acids is 1. The number of hydrogen-bond acceptors (Lipinski definition) is 6. The highest BCUT2D eigenvalue weighted by Crippen LogP contribution is 2.35. The molecule has 1 fully saturated rings. The molecule has 0 radical (unpaired) electrons. The third kappa shape index (κ3) is 3.90. The van der Waals surface area contributed by atoms with Gasteiger partial charge in [-0.3, -0.25) is 9.59 Å². The van der Waals surface area contributed by atoms with Gasteiger partial charge in [0.05, 0.1) is 25.8 Å². The lowest BCUT2D eigenvalue weighted by Gasteiger charge is -2.29. The van der Waals surface area contributed by atoms with E-state index >= 15 is 0 Å². The number of aliphatic carboxylic acids is 1. The van der Waals surface area contributed by atoms with Crippen LogP contribution in [0.5, 0.6) is 11.5 Å². The van der Waals surface area contributed by atoms with Gasteiger partial charge in [-0.15, -0.1) is 11.3 Å². The van der Waals surface area contributed by atoms with E-state index in [-0.39, 0.29) is 11.8 Å². The van der Waals surface area contributed by atoms with E-state index in [1.807, 2.05) is 25.1 Å². The van der Waals surface area contributed by atoms with Crippen molar-refractivity contribution in [2.75, 3.05) is 27.3 Å². The molecule has 0 aliphatic carbocycles. The number of thiazole rings is 1. The van der Waals surface area contributed by atoms with Crippen LogP contribution in [-0.2, 0) is 4.79 Å². The van der Waals surface area contributed by atoms with E-state index in [2.05, 4.69) is 4.98 Å². The summed E-state index contributed by atoms with van der Waals surface area (Å²) >= 11 is 1.34. The van der Waals surface area contributed by atoms with Crippen LogP contribution in [0.1, 0.15) is 28.2 Å². The lowest BCUT2D eigenvalue weighted by atomic mass is 9.97. The van der Waals surface area contributed by atoms with Gasteiger partial charge in [0.15, 0.2) is 11.5 Å². The van der Waals surface area contributed by atoms with Crippen LogP contribution in [-0.4, -0.2) is 54.2 Å². The Hall–Kier alpha value is -2.61. The molecule has 27 heavy (non-hydrogen) atoms. The number of methoxy groups -OCH3 is 2. The summed E-state index contributed by atoms with van der Waals surface area (Å²) in [7, 11) is 3.15. The largest absolute Gasteiger partial charge is 0.493 e. The number of nitrogens with zero attached hydrogens (tertiary/aromatic N) is 2. The third-order valence-corrected chi connectivity index (χ3v) is 5.95. The number of carboxylic acid groups (broad SMARTS) is 1. The number of aromatic nitrogens is 1. The lowest BCUT2D eigenvalue weighted by molar-refractivity contribution is -0.143. The van der Waals surface area contributed by atoms with Crippen molar-refractivity contribution in [3.8, 4) is 22.1 Å². The van der Waals surface area contributed by atoms with Gasteiger partial charge in [0.2, 0.25) is 0 Å². The molecule has 7 nitrogen and oxygen atoms in total. The normalized spacial score (nSPS) is 14.9. The zero-order valence-electron chi connectivity index (χ0n) is 15.5. The van der Waals surface area contributed by atoms with Crippen LogP contribution in [0.4, 0.5) is 0 Å². The third-order valence-electron chi connectivity index (χ3n) is 4.75. The monoisotopic (exact) mass is 390 g/mol. The maximum Gasteiger partial charge on any atom is 0.306 e. The van der Waals surface area contributed by atoms with Crippen molar-refractivity contribution in [1.29, 1.82) is 0 Å². The molecule has 1 aliphatic heterocycles. The van der Waals surface area contributed by atoms with Gasteiger partial charge in [0.1, 0.15) is 9.88 Å². The number of likely N-dealkylation sites (tertiary alicyclic amines) is 1. The van der Waals surface area contributed by atoms with Crippen LogP contribution in [0.15, 0.2) is 18.2 Å². The van der Waals surface area contributed by atoms with E-state index in [1.54, 1.807) is 19.1 Å². The van der Waals surface area contributed by atoms with Gasteiger partial charge in [0.25, 0.3) is 5.91 Å². The predicted molar refractivity (Wildman–Crippen MR) is 102 cm³/mol. The first-order valence-electron chi connectivity index (χ1n) is 8.66. The minimum Gasteiger partial charge on any atom is -0.493 e. The Labute approximate surface area is 161 Å². The first-order chi connectivity index (χ1) is 12.9. The second-order valence-corrected chi connectivity index (χ2v) is 7.41. The Bertz CT molecular complexity index is 856. The number of rotatable bonds is 5. The highest BCUT2D eigenvalue weighted by atomic mass is 32.1. The summed E-state index contributed by atoms with van der Waals surface area (Å²) < 4.78 is 10.6. The Balaban J connectivity index is 1.80. The van der Waals surface area contributed by atoms with Crippen molar-refractivity contribution in [3.05, 3.63) is 28.8 Å². The number of amides is 1.